The molecule has 1 atom stereocenters. The summed E-state index contributed by atoms with van der Waals surface area (Å²) >= 11 is 3.80. The predicted octanol–water partition coefficient (Wildman–Crippen LogP) is 2.77. The molecular weight excluding hydrogens is 226 g/mol. The lowest BCUT2D eigenvalue weighted by Gasteiger charge is -2.17. The Morgan fingerprint density at radius 2 is 2.40 bits per heavy atom. The molecule has 1 saturated heterocycles. The maximum atomic E-state index is 11.3. The Morgan fingerprint density at radius 1 is 1.53 bits per heavy atom. The van der Waals surface area contributed by atoms with Crippen LogP contribution in [0.1, 0.15) is 23.5 Å². The highest BCUT2D eigenvalue weighted by Crippen LogP contribution is 2.36. The Morgan fingerprint density at radius 3 is 3.07 bits per heavy atom. The molecule has 82 valence electrons. The van der Waals surface area contributed by atoms with Gasteiger partial charge >= 0.3 is 0 Å². The van der Waals surface area contributed by atoms with Crippen LogP contribution in [0.5, 0.6) is 0 Å². The van der Waals surface area contributed by atoms with Gasteiger partial charge in [0, 0.05) is 35.9 Å². The van der Waals surface area contributed by atoms with Crippen LogP contribution in [0.4, 0.5) is 0 Å². The van der Waals surface area contributed by atoms with Gasteiger partial charge in [0.1, 0.15) is 0 Å². The lowest BCUT2D eigenvalue weighted by Crippen LogP contribution is -2.30. The second-order valence-electron chi connectivity index (χ2n) is 3.67. The lowest BCUT2D eigenvalue weighted by atomic mass is 10.2. The van der Waals surface area contributed by atoms with E-state index in [1.807, 2.05) is 28.0 Å². The summed E-state index contributed by atoms with van der Waals surface area (Å²) in [5.74, 6) is 1.27. The molecule has 2 heterocycles. The van der Waals surface area contributed by atoms with Gasteiger partial charge in [-0.05, 0) is 17.9 Å². The van der Waals surface area contributed by atoms with Gasteiger partial charge in [-0.3, -0.25) is 4.79 Å². The summed E-state index contributed by atoms with van der Waals surface area (Å²) in [5, 5.41) is 2.72. The van der Waals surface area contributed by atoms with Crippen LogP contribution in [-0.2, 0) is 4.79 Å². The largest absolute Gasteiger partial charge is 0.342 e. The van der Waals surface area contributed by atoms with Gasteiger partial charge in [0.15, 0.2) is 0 Å². The van der Waals surface area contributed by atoms with Crippen LogP contribution >= 0.6 is 23.1 Å². The molecule has 1 aliphatic heterocycles. The Hall–Kier alpha value is -0.480. The molecule has 0 spiro atoms. The van der Waals surface area contributed by atoms with Gasteiger partial charge < -0.3 is 4.90 Å². The molecular formula is C11H15NOS2. The molecule has 0 N–H and O–H groups in total. The van der Waals surface area contributed by atoms with E-state index in [4.69, 9.17) is 0 Å². The molecule has 0 unspecified atom stereocenters. The third-order valence-corrected chi connectivity index (χ3v) is 5.09. The predicted molar refractivity (Wildman–Crippen MR) is 66.4 cm³/mol. The Kier molecular flexibility index (Phi) is 3.70. The van der Waals surface area contributed by atoms with E-state index < -0.39 is 0 Å². The van der Waals surface area contributed by atoms with Crippen molar-refractivity contribution in [1.82, 2.24) is 4.90 Å². The molecule has 1 aromatic heterocycles. The lowest BCUT2D eigenvalue weighted by molar-refractivity contribution is -0.128. The first kappa shape index (κ1) is 11.0. The van der Waals surface area contributed by atoms with Gasteiger partial charge in [-0.25, -0.2) is 0 Å². The fourth-order valence-corrected chi connectivity index (χ4v) is 4.02. The van der Waals surface area contributed by atoms with Crippen molar-refractivity contribution in [3.05, 3.63) is 22.4 Å². The summed E-state index contributed by atoms with van der Waals surface area (Å²) < 4.78 is 0. The minimum atomic E-state index is 0.211. The van der Waals surface area contributed by atoms with Gasteiger partial charge in [0.2, 0.25) is 5.91 Å². The number of rotatable bonds is 1. The molecule has 0 bridgehead atoms. The van der Waals surface area contributed by atoms with E-state index in [0.29, 0.717) is 5.25 Å². The number of thiophene rings is 1. The van der Waals surface area contributed by atoms with Gasteiger partial charge in [0.05, 0.1) is 0 Å². The molecule has 0 aliphatic carbocycles. The van der Waals surface area contributed by atoms with Crippen molar-refractivity contribution in [2.24, 2.45) is 0 Å². The fraction of sp³-hybridized carbons (Fsp3) is 0.545. The zero-order valence-electron chi connectivity index (χ0n) is 8.81. The zero-order valence-corrected chi connectivity index (χ0v) is 10.4. The van der Waals surface area contributed by atoms with Crippen molar-refractivity contribution < 1.29 is 4.79 Å². The number of amides is 1. The summed E-state index contributed by atoms with van der Waals surface area (Å²) in [6.07, 6.45) is 1.09. The quantitative estimate of drug-likeness (QED) is 0.753. The minimum Gasteiger partial charge on any atom is -0.342 e. The average Bonchev–Trinajstić information content (AvgIpc) is 2.62. The molecule has 1 fully saturated rings. The van der Waals surface area contributed by atoms with E-state index in [-0.39, 0.29) is 5.91 Å². The number of hydrogen-bond acceptors (Lipinski definition) is 3. The molecule has 1 aromatic rings. The van der Waals surface area contributed by atoms with Gasteiger partial charge in [-0.1, -0.05) is 6.07 Å². The van der Waals surface area contributed by atoms with Gasteiger partial charge in [0.25, 0.3) is 0 Å². The molecule has 1 amide bonds. The second-order valence-corrected chi connectivity index (χ2v) is 5.96. The Bertz CT molecular complexity index is 323. The van der Waals surface area contributed by atoms with Crippen molar-refractivity contribution in [2.75, 3.05) is 18.8 Å². The van der Waals surface area contributed by atoms with Crippen LogP contribution < -0.4 is 0 Å². The van der Waals surface area contributed by atoms with Crippen LogP contribution in [0, 0.1) is 0 Å². The number of carbonyl (C=O) groups excluding carboxylic acids is 1. The van der Waals surface area contributed by atoms with Gasteiger partial charge in [-0.2, -0.15) is 11.8 Å². The topological polar surface area (TPSA) is 20.3 Å². The van der Waals surface area contributed by atoms with E-state index in [1.54, 1.807) is 6.92 Å². The standard InChI is InChI=1S/C11H15NOS2/c1-9(13)12-5-4-11(15-8-6-12)10-3-2-7-14-10/h2-3,7,11H,4-6,8H2,1H3/t11-/m0/s1. The second kappa shape index (κ2) is 5.03. The third-order valence-electron chi connectivity index (χ3n) is 2.65. The smallest absolute Gasteiger partial charge is 0.219 e. The van der Waals surface area contributed by atoms with Crippen LogP contribution in [0.2, 0.25) is 0 Å². The fourth-order valence-electron chi connectivity index (χ4n) is 1.79. The van der Waals surface area contributed by atoms with E-state index in [1.165, 1.54) is 4.88 Å². The molecule has 0 aromatic carbocycles. The molecule has 0 radical (unpaired) electrons. The average molecular weight is 241 g/mol. The first-order chi connectivity index (χ1) is 7.27. The Labute approximate surface area is 98.7 Å². The molecule has 1 aliphatic rings. The third kappa shape index (κ3) is 2.75. The van der Waals surface area contributed by atoms with Crippen molar-refractivity contribution in [3.8, 4) is 0 Å². The summed E-state index contributed by atoms with van der Waals surface area (Å²) in [6, 6.07) is 4.31. The van der Waals surface area contributed by atoms with Crippen LogP contribution in [0.15, 0.2) is 17.5 Å². The van der Waals surface area contributed by atoms with E-state index in [2.05, 4.69) is 17.5 Å². The van der Waals surface area contributed by atoms with Crippen molar-refractivity contribution in [1.29, 1.82) is 0 Å². The van der Waals surface area contributed by atoms with Gasteiger partial charge in [-0.15, -0.1) is 11.3 Å². The van der Waals surface area contributed by atoms with Crippen LogP contribution in [0.3, 0.4) is 0 Å². The van der Waals surface area contributed by atoms with Crippen molar-refractivity contribution in [3.63, 3.8) is 0 Å². The molecule has 2 rings (SSSR count). The van der Waals surface area contributed by atoms with E-state index >= 15 is 0 Å². The Balaban J connectivity index is 1.98. The van der Waals surface area contributed by atoms with Crippen LogP contribution in [-0.4, -0.2) is 29.6 Å². The SMILES string of the molecule is CC(=O)N1CCS[C@H](c2cccs2)CC1. The number of hydrogen-bond donors (Lipinski definition) is 0. The zero-order chi connectivity index (χ0) is 10.7. The normalized spacial score (nSPS) is 22.5. The number of thioether (sulfide) groups is 1. The summed E-state index contributed by atoms with van der Waals surface area (Å²) in [7, 11) is 0. The summed E-state index contributed by atoms with van der Waals surface area (Å²) in [4.78, 5) is 14.7. The summed E-state index contributed by atoms with van der Waals surface area (Å²) in [6.45, 7) is 3.48. The monoisotopic (exact) mass is 241 g/mol. The van der Waals surface area contributed by atoms with Crippen molar-refractivity contribution in [2.45, 2.75) is 18.6 Å². The summed E-state index contributed by atoms with van der Waals surface area (Å²) in [5.41, 5.74) is 0. The van der Waals surface area contributed by atoms with Crippen molar-refractivity contribution >= 4 is 29.0 Å². The highest BCUT2D eigenvalue weighted by molar-refractivity contribution is 7.99. The molecule has 4 heteroatoms. The van der Waals surface area contributed by atoms with Crippen LogP contribution in [0.25, 0.3) is 0 Å². The first-order valence-corrected chi connectivity index (χ1v) is 7.11. The molecule has 15 heavy (non-hydrogen) atoms. The van der Waals surface area contributed by atoms with E-state index in [0.717, 1.165) is 25.3 Å². The van der Waals surface area contributed by atoms with E-state index in [9.17, 15) is 4.79 Å². The molecule has 0 saturated carbocycles. The first-order valence-electron chi connectivity index (χ1n) is 5.18. The minimum absolute atomic E-state index is 0.211. The highest BCUT2D eigenvalue weighted by Gasteiger charge is 2.20. The number of nitrogens with zero attached hydrogens (tertiary/aromatic N) is 1. The maximum absolute atomic E-state index is 11.3. The maximum Gasteiger partial charge on any atom is 0.219 e. The molecule has 2 nitrogen and oxygen atoms in total. The number of carbonyl (C=O) groups is 1. The highest BCUT2D eigenvalue weighted by atomic mass is 32.2.